The highest BCUT2D eigenvalue weighted by atomic mass is 32.1. The van der Waals surface area contributed by atoms with E-state index in [0.717, 1.165) is 60.5 Å². The van der Waals surface area contributed by atoms with Gasteiger partial charge in [-0.3, -0.25) is 9.59 Å². The van der Waals surface area contributed by atoms with Gasteiger partial charge in [-0.15, -0.1) is 11.3 Å². The first-order chi connectivity index (χ1) is 17.9. The van der Waals surface area contributed by atoms with Crippen LogP contribution < -0.4 is 10.1 Å². The number of benzene rings is 2. The van der Waals surface area contributed by atoms with E-state index < -0.39 is 0 Å². The zero-order valence-electron chi connectivity index (χ0n) is 21.8. The van der Waals surface area contributed by atoms with Crippen molar-refractivity contribution in [3.8, 4) is 5.75 Å². The van der Waals surface area contributed by atoms with E-state index in [9.17, 15) is 9.59 Å². The second-order valence-corrected chi connectivity index (χ2v) is 11.4. The van der Waals surface area contributed by atoms with Crippen LogP contribution in [0.3, 0.4) is 0 Å². The molecule has 5 rings (SSSR count). The Hall–Kier alpha value is -3.19. The largest absolute Gasteiger partial charge is 0.486 e. The number of amides is 2. The molecule has 7 heteroatoms. The van der Waals surface area contributed by atoms with Gasteiger partial charge in [0.05, 0.1) is 6.04 Å². The number of nitrogens with one attached hydrogen (secondary N) is 1. The fourth-order valence-corrected chi connectivity index (χ4v) is 6.08. The molecule has 37 heavy (non-hydrogen) atoms. The number of aromatic nitrogens is 1. The summed E-state index contributed by atoms with van der Waals surface area (Å²) < 4.78 is 6.14. The Morgan fingerprint density at radius 1 is 1.14 bits per heavy atom. The van der Waals surface area contributed by atoms with Crippen LogP contribution in [-0.4, -0.2) is 34.3 Å². The minimum Gasteiger partial charge on any atom is -0.486 e. The average molecular weight is 518 g/mol. The molecule has 1 N–H and O–H groups in total. The summed E-state index contributed by atoms with van der Waals surface area (Å²) in [6.07, 6.45) is 5.13. The molecule has 194 valence electrons. The van der Waals surface area contributed by atoms with Crippen LogP contribution in [0.1, 0.15) is 83.3 Å². The molecule has 0 saturated heterocycles. The molecule has 0 spiro atoms. The van der Waals surface area contributed by atoms with Crippen LogP contribution in [0.4, 0.5) is 0 Å². The maximum absolute atomic E-state index is 13.6. The van der Waals surface area contributed by atoms with Crippen molar-refractivity contribution < 1.29 is 14.3 Å². The van der Waals surface area contributed by atoms with Crippen LogP contribution >= 0.6 is 11.3 Å². The molecule has 1 aliphatic carbocycles. The predicted molar refractivity (Wildman–Crippen MR) is 146 cm³/mol. The fourth-order valence-electron chi connectivity index (χ4n) is 5.40. The minimum absolute atomic E-state index is 0.0611. The third kappa shape index (κ3) is 5.72. The van der Waals surface area contributed by atoms with Gasteiger partial charge < -0.3 is 15.0 Å². The Morgan fingerprint density at radius 2 is 1.89 bits per heavy atom. The Labute approximate surface area is 223 Å². The quantitative estimate of drug-likeness (QED) is 0.428. The lowest BCUT2D eigenvalue weighted by Crippen LogP contribution is -2.43. The number of nitrogens with zero attached hydrogens (tertiary/aromatic N) is 2. The molecule has 0 unspecified atom stereocenters. The van der Waals surface area contributed by atoms with Crippen LogP contribution in [0.2, 0.25) is 0 Å². The van der Waals surface area contributed by atoms with Gasteiger partial charge in [-0.05, 0) is 68.9 Å². The lowest BCUT2D eigenvalue weighted by Gasteiger charge is -2.39. The maximum Gasteiger partial charge on any atom is 0.270 e. The SMILES string of the molecule is Cc1ccc([C@H]2c3cc(OCc4nc(C(=O)NC(C)C)cs4)ccc3CCN2C(=O)C2CCCC2)cc1. The first kappa shape index (κ1) is 25.5. The van der Waals surface area contributed by atoms with Crippen molar-refractivity contribution in [2.45, 2.75) is 71.6 Å². The molecular formula is C30H35N3O3S. The summed E-state index contributed by atoms with van der Waals surface area (Å²) in [5.74, 6) is 1.00. The van der Waals surface area contributed by atoms with E-state index in [1.165, 1.54) is 22.5 Å². The standard InChI is InChI=1S/C30H35N3O3S/c1-19(2)31-29(34)26-18-37-27(32-26)17-36-24-13-12-21-14-15-33(30(35)23-6-4-5-7-23)28(25(21)16-24)22-10-8-20(3)9-11-22/h8-13,16,18-19,23,28H,4-7,14-15,17H2,1-3H3,(H,31,34)/t28-/m0/s1. The molecule has 1 saturated carbocycles. The van der Waals surface area contributed by atoms with E-state index in [1.807, 2.05) is 19.9 Å². The van der Waals surface area contributed by atoms with E-state index >= 15 is 0 Å². The summed E-state index contributed by atoms with van der Waals surface area (Å²) >= 11 is 1.42. The number of carbonyl (C=O) groups excluding carboxylic acids is 2. The Bertz CT molecular complexity index is 1260. The van der Waals surface area contributed by atoms with E-state index in [1.54, 1.807) is 5.38 Å². The highest BCUT2D eigenvalue weighted by Gasteiger charge is 2.36. The zero-order valence-corrected chi connectivity index (χ0v) is 22.6. The van der Waals surface area contributed by atoms with Crippen LogP contribution in [0.5, 0.6) is 5.75 Å². The van der Waals surface area contributed by atoms with Gasteiger partial charge in [0.15, 0.2) is 0 Å². The van der Waals surface area contributed by atoms with Gasteiger partial charge in [-0.2, -0.15) is 0 Å². The minimum atomic E-state index is -0.167. The summed E-state index contributed by atoms with van der Waals surface area (Å²) in [4.78, 5) is 32.4. The normalized spacial score (nSPS) is 17.6. The van der Waals surface area contributed by atoms with Crippen LogP contribution in [0, 0.1) is 12.8 Å². The Balaban J connectivity index is 1.39. The number of hydrogen-bond acceptors (Lipinski definition) is 5. The second kappa shape index (κ2) is 11.1. The van der Waals surface area contributed by atoms with Crippen LogP contribution in [-0.2, 0) is 17.8 Å². The molecule has 0 radical (unpaired) electrons. The number of hydrogen-bond donors (Lipinski definition) is 1. The molecule has 2 heterocycles. The van der Waals surface area contributed by atoms with E-state index in [0.29, 0.717) is 12.3 Å². The number of rotatable bonds is 7. The van der Waals surface area contributed by atoms with Crippen molar-refractivity contribution in [2.75, 3.05) is 6.54 Å². The summed E-state index contributed by atoms with van der Waals surface area (Å²) in [7, 11) is 0. The summed E-state index contributed by atoms with van der Waals surface area (Å²) in [6.45, 7) is 6.97. The van der Waals surface area contributed by atoms with Crippen molar-refractivity contribution >= 4 is 23.2 Å². The third-order valence-electron chi connectivity index (χ3n) is 7.29. The summed E-state index contributed by atoms with van der Waals surface area (Å²) in [5.41, 5.74) is 5.15. The van der Waals surface area contributed by atoms with Gasteiger partial charge in [0.1, 0.15) is 23.1 Å². The van der Waals surface area contributed by atoms with E-state index in [4.69, 9.17) is 4.74 Å². The molecule has 1 aromatic heterocycles. The van der Waals surface area contributed by atoms with Gasteiger partial charge in [0.2, 0.25) is 5.91 Å². The lowest BCUT2D eigenvalue weighted by atomic mass is 9.86. The van der Waals surface area contributed by atoms with Gasteiger partial charge >= 0.3 is 0 Å². The molecule has 1 atom stereocenters. The summed E-state index contributed by atoms with van der Waals surface area (Å²) in [6, 6.07) is 14.7. The number of ether oxygens (including phenoxy) is 1. The zero-order chi connectivity index (χ0) is 25.9. The van der Waals surface area contributed by atoms with Crippen molar-refractivity contribution in [3.63, 3.8) is 0 Å². The number of aryl methyl sites for hydroxylation is 1. The second-order valence-electron chi connectivity index (χ2n) is 10.5. The third-order valence-corrected chi connectivity index (χ3v) is 8.12. The highest BCUT2D eigenvalue weighted by Crippen LogP contribution is 2.40. The maximum atomic E-state index is 13.6. The molecule has 2 aliphatic rings. The molecule has 2 amide bonds. The fraction of sp³-hybridized carbons (Fsp3) is 0.433. The molecule has 3 aromatic rings. The number of fused-ring (bicyclic) bond motifs is 1. The molecule has 6 nitrogen and oxygen atoms in total. The highest BCUT2D eigenvalue weighted by molar-refractivity contribution is 7.09. The molecular weight excluding hydrogens is 482 g/mol. The monoisotopic (exact) mass is 517 g/mol. The summed E-state index contributed by atoms with van der Waals surface area (Å²) in [5, 5.41) is 5.39. The van der Waals surface area contributed by atoms with Crippen molar-refractivity contribution in [2.24, 2.45) is 5.92 Å². The lowest BCUT2D eigenvalue weighted by molar-refractivity contribution is -0.137. The van der Waals surface area contributed by atoms with E-state index in [2.05, 4.69) is 58.5 Å². The first-order valence-electron chi connectivity index (χ1n) is 13.3. The van der Waals surface area contributed by atoms with Gasteiger partial charge in [-0.25, -0.2) is 4.98 Å². The molecule has 1 aliphatic heterocycles. The van der Waals surface area contributed by atoms with Crippen molar-refractivity contribution in [1.82, 2.24) is 15.2 Å². The predicted octanol–water partition coefficient (Wildman–Crippen LogP) is 5.83. The Kier molecular flexibility index (Phi) is 7.60. The van der Waals surface area contributed by atoms with Crippen LogP contribution in [0.15, 0.2) is 47.8 Å². The molecule has 0 bridgehead atoms. The van der Waals surface area contributed by atoms with Crippen LogP contribution in [0.25, 0.3) is 0 Å². The molecule has 2 aromatic carbocycles. The number of carbonyl (C=O) groups is 2. The first-order valence-corrected chi connectivity index (χ1v) is 14.1. The van der Waals surface area contributed by atoms with E-state index in [-0.39, 0.29) is 29.8 Å². The van der Waals surface area contributed by atoms with Crippen molar-refractivity contribution in [1.29, 1.82) is 0 Å². The van der Waals surface area contributed by atoms with Gasteiger partial charge in [0.25, 0.3) is 5.91 Å². The average Bonchev–Trinajstić information content (AvgIpc) is 3.59. The Morgan fingerprint density at radius 3 is 2.62 bits per heavy atom. The van der Waals surface area contributed by atoms with Gasteiger partial charge in [0, 0.05) is 23.9 Å². The van der Waals surface area contributed by atoms with Crippen molar-refractivity contribution in [3.05, 3.63) is 80.8 Å². The topological polar surface area (TPSA) is 71.5 Å². The number of thiazole rings is 1. The smallest absolute Gasteiger partial charge is 0.270 e. The van der Waals surface area contributed by atoms with Gasteiger partial charge in [-0.1, -0.05) is 48.7 Å². The molecule has 1 fully saturated rings.